The lowest BCUT2D eigenvalue weighted by atomic mass is 10.3. The lowest BCUT2D eigenvalue weighted by molar-refractivity contribution is 0.102. The molecule has 0 aliphatic carbocycles. The first-order chi connectivity index (χ1) is 7.16. The summed E-state index contributed by atoms with van der Waals surface area (Å²) in [5.74, 6) is -0.0952. The van der Waals surface area contributed by atoms with Crippen LogP contribution in [0, 0.1) is 0 Å². The van der Waals surface area contributed by atoms with Crippen molar-refractivity contribution < 1.29 is 4.79 Å². The molecule has 2 nitrogen and oxygen atoms in total. The lowest BCUT2D eigenvalue weighted by Gasteiger charge is -2.00. The molecule has 2 heterocycles. The van der Waals surface area contributed by atoms with Crippen molar-refractivity contribution in [2.24, 2.45) is 0 Å². The number of amides is 1. The normalized spacial score (nSPS) is 10.3. The van der Waals surface area contributed by atoms with E-state index in [0.29, 0.717) is 5.56 Å². The number of anilines is 1. The fraction of sp³-hybridized carbons (Fsp3) is 0. The van der Waals surface area contributed by atoms with Gasteiger partial charge in [0.25, 0.3) is 5.91 Å². The molecule has 15 heavy (non-hydrogen) atoms. The van der Waals surface area contributed by atoms with Crippen molar-refractivity contribution in [2.45, 2.75) is 0 Å². The maximum Gasteiger partial charge on any atom is 0.257 e. The van der Waals surface area contributed by atoms with E-state index in [-0.39, 0.29) is 5.91 Å². The SMILES string of the molecule is O=C(Nc1ccsc1)c1cc(Br)sc1Br. The molecule has 0 saturated heterocycles. The predicted octanol–water partition coefficient (Wildman–Crippen LogP) is 4.59. The lowest BCUT2D eigenvalue weighted by Crippen LogP contribution is -2.10. The molecular formula is C9H5Br2NOS2. The van der Waals surface area contributed by atoms with Crippen molar-refractivity contribution in [1.82, 2.24) is 0 Å². The average molecular weight is 367 g/mol. The Bertz CT molecular complexity index is 478. The molecule has 0 aromatic carbocycles. The van der Waals surface area contributed by atoms with Crippen molar-refractivity contribution in [3.63, 3.8) is 0 Å². The molecule has 2 rings (SSSR count). The molecule has 1 N–H and O–H groups in total. The summed E-state index contributed by atoms with van der Waals surface area (Å²) in [6.07, 6.45) is 0. The van der Waals surface area contributed by atoms with Crippen LogP contribution in [-0.4, -0.2) is 5.91 Å². The zero-order chi connectivity index (χ0) is 10.8. The van der Waals surface area contributed by atoms with E-state index in [1.165, 1.54) is 11.3 Å². The number of rotatable bonds is 2. The minimum absolute atomic E-state index is 0.0952. The summed E-state index contributed by atoms with van der Waals surface area (Å²) in [6, 6.07) is 3.67. The van der Waals surface area contributed by atoms with E-state index in [9.17, 15) is 4.79 Å². The van der Waals surface area contributed by atoms with E-state index in [1.807, 2.05) is 16.8 Å². The van der Waals surface area contributed by atoms with E-state index in [2.05, 4.69) is 37.2 Å². The van der Waals surface area contributed by atoms with Crippen molar-refractivity contribution >= 4 is 66.1 Å². The topological polar surface area (TPSA) is 29.1 Å². The summed E-state index contributed by atoms with van der Waals surface area (Å²) in [5.41, 5.74) is 1.48. The van der Waals surface area contributed by atoms with Gasteiger partial charge in [0.15, 0.2) is 0 Å². The minimum Gasteiger partial charge on any atom is -0.321 e. The molecule has 0 unspecified atom stereocenters. The van der Waals surface area contributed by atoms with E-state index in [0.717, 1.165) is 13.3 Å². The van der Waals surface area contributed by atoms with E-state index in [1.54, 1.807) is 17.4 Å². The third-order valence-corrected chi connectivity index (χ3v) is 4.70. The van der Waals surface area contributed by atoms with E-state index in [4.69, 9.17) is 0 Å². The second kappa shape index (κ2) is 4.78. The maximum absolute atomic E-state index is 11.8. The monoisotopic (exact) mass is 365 g/mol. The molecule has 1 amide bonds. The summed E-state index contributed by atoms with van der Waals surface area (Å²) in [7, 11) is 0. The Kier molecular flexibility index (Phi) is 3.60. The summed E-state index contributed by atoms with van der Waals surface area (Å²) < 4.78 is 1.77. The summed E-state index contributed by atoms with van der Waals surface area (Å²) >= 11 is 9.73. The van der Waals surface area contributed by atoms with Crippen LogP contribution in [0.1, 0.15) is 10.4 Å². The standard InChI is InChI=1S/C9H5Br2NOS2/c10-7-3-6(8(11)15-7)9(13)12-5-1-2-14-4-5/h1-4H,(H,12,13). The number of thiophene rings is 2. The fourth-order valence-electron chi connectivity index (χ4n) is 1.03. The Hall–Kier alpha value is -0.170. The van der Waals surface area contributed by atoms with Crippen LogP contribution in [-0.2, 0) is 0 Å². The molecule has 0 atom stereocenters. The van der Waals surface area contributed by atoms with Gasteiger partial charge >= 0.3 is 0 Å². The largest absolute Gasteiger partial charge is 0.321 e. The Labute approximate surface area is 112 Å². The van der Waals surface area contributed by atoms with Gasteiger partial charge < -0.3 is 5.32 Å². The van der Waals surface area contributed by atoms with E-state index < -0.39 is 0 Å². The van der Waals surface area contributed by atoms with Crippen LogP contribution >= 0.6 is 54.5 Å². The Morgan fingerprint density at radius 1 is 1.40 bits per heavy atom. The third kappa shape index (κ3) is 2.69. The van der Waals surface area contributed by atoms with Gasteiger partial charge in [0.2, 0.25) is 0 Å². The quantitative estimate of drug-likeness (QED) is 0.827. The van der Waals surface area contributed by atoms with E-state index >= 15 is 0 Å². The smallest absolute Gasteiger partial charge is 0.257 e. The maximum atomic E-state index is 11.8. The molecule has 78 valence electrons. The number of nitrogens with one attached hydrogen (secondary N) is 1. The van der Waals surface area contributed by atoms with Crippen molar-refractivity contribution in [1.29, 1.82) is 0 Å². The van der Waals surface area contributed by atoms with Gasteiger partial charge in [0.1, 0.15) is 0 Å². The van der Waals surface area contributed by atoms with Crippen molar-refractivity contribution in [2.75, 3.05) is 5.32 Å². The van der Waals surface area contributed by atoms with Gasteiger partial charge in [-0.05, 0) is 49.4 Å². The van der Waals surface area contributed by atoms with Gasteiger partial charge in [0, 0.05) is 5.38 Å². The van der Waals surface area contributed by atoms with Crippen LogP contribution < -0.4 is 5.32 Å². The summed E-state index contributed by atoms with van der Waals surface area (Å²) in [5, 5.41) is 6.64. The first-order valence-electron chi connectivity index (χ1n) is 3.95. The van der Waals surface area contributed by atoms with Crippen molar-refractivity contribution in [3.05, 3.63) is 36.0 Å². The number of carbonyl (C=O) groups excluding carboxylic acids is 1. The van der Waals surface area contributed by atoms with Gasteiger partial charge in [-0.15, -0.1) is 11.3 Å². The molecule has 0 fully saturated rings. The molecule has 2 aromatic heterocycles. The molecule has 0 spiro atoms. The fourth-order valence-corrected chi connectivity index (χ4v) is 4.41. The second-order valence-electron chi connectivity index (χ2n) is 2.70. The van der Waals surface area contributed by atoms with Gasteiger partial charge in [-0.1, -0.05) is 0 Å². The molecule has 0 bridgehead atoms. The molecule has 2 aromatic rings. The highest BCUT2D eigenvalue weighted by Gasteiger charge is 2.13. The van der Waals surface area contributed by atoms with Crippen LogP contribution in [0.5, 0.6) is 0 Å². The highest BCUT2D eigenvalue weighted by molar-refractivity contribution is 9.12. The Morgan fingerprint density at radius 2 is 2.20 bits per heavy atom. The highest BCUT2D eigenvalue weighted by atomic mass is 79.9. The molecule has 0 radical (unpaired) electrons. The molecule has 0 aliphatic rings. The van der Waals surface area contributed by atoms with Crippen LogP contribution in [0.15, 0.2) is 30.5 Å². The number of carbonyl (C=O) groups is 1. The zero-order valence-electron chi connectivity index (χ0n) is 7.29. The zero-order valence-corrected chi connectivity index (χ0v) is 12.1. The van der Waals surface area contributed by atoms with Crippen LogP contribution in [0.3, 0.4) is 0 Å². The summed E-state index contributed by atoms with van der Waals surface area (Å²) in [6.45, 7) is 0. The van der Waals surface area contributed by atoms with Gasteiger partial charge in [-0.25, -0.2) is 0 Å². The molecule has 6 heteroatoms. The Morgan fingerprint density at radius 3 is 2.73 bits per heavy atom. The third-order valence-electron chi connectivity index (χ3n) is 1.68. The number of hydrogen-bond donors (Lipinski definition) is 1. The first-order valence-corrected chi connectivity index (χ1v) is 7.30. The summed E-state index contributed by atoms with van der Waals surface area (Å²) in [4.78, 5) is 11.8. The van der Waals surface area contributed by atoms with Crippen LogP contribution in [0.4, 0.5) is 5.69 Å². The van der Waals surface area contributed by atoms with Gasteiger partial charge in [-0.3, -0.25) is 4.79 Å². The highest BCUT2D eigenvalue weighted by Crippen LogP contribution is 2.32. The number of halogens is 2. The second-order valence-corrected chi connectivity index (χ2v) is 7.23. The molecular weight excluding hydrogens is 362 g/mol. The van der Waals surface area contributed by atoms with Gasteiger partial charge in [-0.2, -0.15) is 11.3 Å². The molecule has 0 aliphatic heterocycles. The van der Waals surface area contributed by atoms with Gasteiger partial charge in [0.05, 0.1) is 18.8 Å². The predicted molar refractivity (Wildman–Crippen MR) is 72.0 cm³/mol. The number of hydrogen-bond acceptors (Lipinski definition) is 3. The van der Waals surface area contributed by atoms with Crippen LogP contribution in [0.25, 0.3) is 0 Å². The average Bonchev–Trinajstić information content (AvgIpc) is 2.75. The van der Waals surface area contributed by atoms with Crippen LogP contribution in [0.2, 0.25) is 0 Å². The van der Waals surface area contributed by atoms with Crippen molar-refractivity contribution in [3.8, 4) is 0 Å². The first kappa shape index (κ1) is 11.3. The Balaban J connectivity index is 2.18. The molecule has 0 saturated carbocycles. The minimum atomic E-state index is -0.0952.